The molecule has 109 heavy (non-hydrogen) atoms. The Labute approximate surface area is 683 Å². The largest absolute Gasteiger partial charge is 0.415 e. The molecule has 0 bridgehead atoms. The number of hydrogen-bond donors (Lipinski definition) is 0. The molecule has 6 rings (SSSR count). The molecular formula is C67H140O21Si21. The van der Waals surface area contributed by atoms with Gasteiger partial charge in [-0.15, -0.1) is 118 Å². The highest BCUT2D eigenvalue weighted by Crippen LogP contribution is 2.41. The molecule has 0 aliphatic carbocycles. The molecular weight excluding hydrogens is 1730 g/mol. The van der Waals surface area contributed by atoms with Crippen molar-refractivity contribution in [3.63, 3.8) is 0 Å². The average molecular weight is 1870 g/mol. The first kappa shape index (κ1) is 106. The molecule has 6 heterocycles. The summed E-state index contributed by atoms with van der Waals surface area (Å²) in [6.07, 6.45) is 13.2. The lowest BCUT2D eigenvalue weighted by Gasteiger charge is -2.49. The van der Waals surface area contributed by atoms with Gasteiger partial charge in [0.25, 0.3) is 0 Å². The van der Waals surface area contributed by atoms with Crippen LogP contribution >= 0.6 is 0 Å². The second kappa shape index (κ2) is 41.1. The maximum absolute atomic E-state index is 6.64. The van der Waals surface area contributed by atoms with Crippen LogP contribution in [0.3, 0.4) is 0 Å². The molecule has 6 aliphatic rings. The van der Waals surface area contributed by atoms with Gasteiger partial charge in [0.15, 0.2) is 0 Å². The van der Waals surface area contributed by atoms with E-state index in [0.717, 1.165) is 18.1 Å². The van der Waals surface area contributed by atoms with E-state index in [-0.39, 0.29) is 0 Å². The zero-order valence-electron chi connectivity index (χ0n) is 71.1. The van der Waals surface area contributed by atoms with E-state index < -0.39 is 180 Å². The number of hydrogen-bond acceptors (Lipinski definition) is 21. The molecule has 618 valence electrons. The molecule has 0 N–H and O–H groups in total. The second-order valence-corrected chi connectivity index (χ2v) is 102. The van der Waals surface area contributed by atoms with Crippen molar-refractivity contribution in [3.8, 4) is 0 Å². The van der Waals surface area contributed by atoms with Gasteiger partial charge in [-0.3, -0.25) is 0 Å². The van der Waals surface area contributed by atoms with Crippen molar-refractivity contribution < 1.29 is 86.4 Å². The monoisotopic (exact) mass is 1870 g/mol. The van der Waals surface area contributed by atoms with Gasteiger partial charge >= 0.3 is 180 Å². The van der Waals surface area contributed by atoms with Gasteiger partial charge in [0, 0.05) is 42.3 Å². The van der Waals surface area contributed by atoms with Crippen molar-refractivity contribution in [1.82, 2.24) is 0 Å². The van der Waals surface area contributed by atoms with Crippen LogP contribution in [0.25, 0.3) is 0 Å². The fourth-order valence-corrected chi connectivity index (χ4v) is 115. The molecule has 0 aromatic heterocycles. The molecule has 0 aromatic rings. The Morgan fingerprint density at radius 3 is 0.303 bits per heavy atom. The van der Waals surface area contributed by atoms with Crippen molar-refractivity contribution in [2.45, 2.75) is 199 Å². The minimum Gasteiger partial charge on any atom is -0.415 e. The summed E-state index contributed by atoms with van der Waals surface area (Å²) in [5.41, 5.74) is 19.6. The van der Waals surface area contributed by atoms with Crippen molar-refractivity contribution in [3.05, 3.63) is 224 Å². The fraction of sp³-hybridized carbons (Fsp3) is 0.463. The van der Waals surface area contributed by atoms with E-state index >= 15 is 0 Å². The molecule has 0 amide bonds. The topological polar surface area (TPSA) is 194 Å². The third kappa shape index (κ3) is 34.1. The number of rotatable bonds is 25. The minimum atomic E-state index is -2.60. The zero-order valence-corrected chi connectivity index (χ0v) is 92.1. The van der Waals surface area contributed by atoms with Gasteiger partial charge in [-0.2, -0.15) is 0 Å². The van der Waals surface area contributed by atoms with E-state index in [1.165, 1.54) is 0 Å². The summed E-state index contributed by atoms with van der Waals surface area (Å²) in [6.45, 7) is 118. The molecule has 21 nitrogen and oxygen atoms in total. The van der Waals surface area contributed by atoms with Crippen LogP contribution in [0, 0.1) is 0 Å². The third-order valence-corrected chi connectivity index (χ3v) is 104. The first-order valence-corrected chi connectivity index (χ1v) is 88.9. The lowest BCUT2D eigenvalue weighted by molar-refractivity contribution is 0.227. The Morgan fingerprint density at radius 1 is 0.138 bits per heavy atom. The summed E-state index contributed by atoms with van der Waals surface area (Å²) in [5.74, 6) is 0. The van der Waals surface area contributed by atoms with E-state index in [1.807, 2.05) is 165 Å². The van der Waals surface area contributed by atoms with E-state index in [2.05, 4.69) is 164 Å². The van der Waals surface area contributed by atoms with Gasteiger partial charge in [-0.25, -0.2) is 0 Å². The van der Waals surface area contributed by atoms with Gasteiger partial charge in [0.2, 0.25) is 0 Å². The lowest BCUT2D eigenvalue weighted by atomic mass is 10.8. The normalized spacial score (nSPS) is 42.1. The summed E-state index contributed by atoms with van der Waals surface area (Å²) in [6, 6.07) is 5.23. The van der Waals surface area contributed by atoms with Gasteiger partial charge in [-0.05, 0) is 157 Å². The molecule has 0 aromatic carbocycles. The predicted octanol–water partition coefficient (Wildman–Crippen LogP) is 20.0. The standard InChI is InChI=1S/C16H32O4Si4.C12H24O4Si4.C12H24O3Si3.C10H24O4Si4.C9H18O3Si3.C8H18O3Si3/c1-9-13-21(5)17-22(6,14-10-2)19-24(8,16-12-4)20-23(7,18-21)15-11-3;1-9-17(5)13-18(6,10-2)15-20(8,12-4)16-19(7,11-3)14-17;1-7-10-16(4)13-17(5,11-8-2)15-18(6,14-16)12-9-3;1-9-17(7)11-15(3,4)13-18(8,10-2)14-16(5,6)12-17;1-7-13(4)10-14(5,8-2)12-15(6,9-3)11-13;1-7-13(5)9-12(3,4)10-14(6,8-2)11-13/h9-12H,1-4,13-16H2,5-8H3;9-12H,1-4H2,5-8H3;7-9H,1-3,10-12H2,4-6H3;9-10H,1-2H2,3-8H3;7-9H,1-3H2,4-6H3;7-8H,1-2H2,3-6H3. The smallest absolute Gasteiger partial charge is 0.344 e. The fourth-order valence-electron chi connectivity index (χ4n) is 13.1. The maximum Gasteiger partial charge on any atom is 0.344 e. The first-order valence-electron chi connectivity index (χ1n) is 36.4. The molecule has 2 atom stereocenters. The van der Waals surface area contributed by atoms with Crippen LogP contribution in [0.15, 0.2) is 224 Å². The Kier molecular flexibility index (Phi) is 40.0. The molecule has 2 unspecified atom stereocenters. The van der Waals surface area contributed by atoms with Gasteiger partial charge in [0.1, 0.15) is 0 Å². The van der Waals surface area contributed by atoms with Crippen LogP contribution in [-0.4, -0.2) is 180 Å². The van der Waals surface area contributed by atoms with E-state index in [9.17, 15) is 0 Å². The second-order valence-electron chi connectivity index (χ2n) is 31.1. The molecule has 6 aliphatic heterocycles. The lowest BCUT2D eigenvalue weighted by Crippen LogP contribution is -2.67. The SMILES string of the molecule is C=CC[Si]1(C)O[Si](C)(CC=C)O[Si](C)(CC=C)O1.C=CC[Si]1(C)O[Si](C)(CC=C)O[Si](C)(CC=C)O[Si](C)(CC=C)O1.C=C[Si]1(C)O[Si](C)(C)O[Si](C)(C=C)O1.C=C[Si]1(C)O[Si](C)(C)O[Si](C)(C=C)O[Si](C)(C)O1.C=C[Si]1(C)O[Si](C)(C=C)O[Si](C)(C=C)O1.C=C[Si]1(C)O[Si](C)(C=C)O[Si](C)(C=C)O[Si](C)(C=C)O1. The molecule has 6 fully saturated rings. The summed E-state index contributed by atoms with van der Waals surface area (Å²) in [4.78, 5) is 0. The van der Waals surface area contributed by atoms with Gasteiger partial charge in [0.05, 0.1) is 0 Å². The van der Waals surface area contributed by atoms with Crippen LogP contribution < -0.4 is 0 Å². The van der Waals surface area contributed by atoms with Crippen LogP contribution in [0.4, 0.5) is 0 Å². The van der Waals surface area contributed by atoms with E-state index in [1.54, 1.807) is 51.3 Å². The molecule has 0 saturated carbocycles. The van der Waals surface area contributed by atoms with E-state index in [4.69, 9.17) is 86.4 Å². The maximum atomic E-state index is 6.64. The van der Waals surface area contributed by atoms with Gasteiger partial charge < -0.3 is 86.4 Å². The van der Waals surface area contributed by atoms with Crippen molar-refractivity contribution in [2.75, 3.05) is 0 Å². The van der Waals surface area contributed by atoms with Crippen LogP contribution in [0.2, 0.25) is 199 Å². The summed E-state index contributed by atoms with van der Waals surface area (Å²) >= 11 is 0. The first-order chi connectivity index (χ1) is 49.4. The predicted molar refractivity (Wildman–Crippen MR) is 502 cm³/mol. The minimum absolute atomic E-state index is 0.707. The molecule has 6 saturated heterocycles. The van der Waals surface area contributed by atoms with Crippen LogP contribution in [-0.2, 0) is 86.4 Å². The average Bonchev–Trinajstić information content (AvgIpc) is 1.15. The Morgan fingerprint density at radius 2 is 0.220 bits per heavy atom. The van der Waals surface area contributed by atoms with E-state index in [0.29, 0.717) is 24.2 Å². The van der Waals surface area contributed by atoms with Crippen molar-refractivity contribution in [2.24, 2.45) is 0 Å². The number of allylic oxidation sites excluding steroid dienone is 7. The molecule has 0 radical (unpaired) electrons. The highest BCUT2D eigenvalue weighted by molar-refractivity contribution is 7.01. The van der Waals surface area contributed by atoms with Crippen molar-refractivity contribution in [1.29, 1.82) is 0 Å². The summed E-state index contributed by atoms with van der Waals surface area (Å²) in [5, 5.41) is 0. The molecule has 0 spiro atoms. The highest BCUT2D eigenvalue weighted by atomic mass is 28.6. The Bertz CT molecular complexity index is 2900. The summed E-state index contributed by atoms with van der Waals surface area (Å²) in [7, 11) is -49.8. The quantitative estimate of drug-likeness (QED) is 0.0618. The summed E-state index contributed by atoms with van der Waals surface area (Å²) < 4.78 is 131. The Hall–Kier alpha value is -0.965. The van der Waals surface area contributed by atoms with Crippen molar-refractivity contribution >= 4 is 180 Å². The van der Waals surface area contributed by atoms with Gasteiger partial charge in [-0.1, -0.05) is 105 Å². The zero-order chi connectivity index (χ0) is 85.0. The Balaban J connectivity index is 0.000000659. The van der Waals surface area contributed by atoms with Crippen LogP contribution in [0.5, 0.6) is 0 Å². The third-order valence-electron chi connectivity index (χ3n) is 16.6. The van der Waals surface area contributed by atoms with Crippen LogP contribution in [0.1, 0.15) is 0 Å². The highest BCUT2D eigenvalue weighted by Gasteiger charge is 2.60. The molecule has 42 heteroatoms.